The molecule has 3 aromatic carbocycles. The van der Waals surface area contributed by atoms with Gasteiger partial charge in [0.25, 0.3) is 0 Å². The third-order valence-electron chi connectivity index (χ3n) is 7.43. The monoisotopic (exact) mass is 512 g/mol. The summed E-state index contributed by atoms with van der Waals surface area (Å²) in [5.41, 5.74) is 3.10. The van der Waals surface area contributed by atoms with E-state index in [4.69, 9.17) is 0 Å². The van der Waals surface area contributed by atoms with Crippen LogP contribution in [0, 0.1) is 0 Å². The van der Waals surface area contributed by atoms with Crippen molar-refractivity contribution in [3.63, 3.8) is 0 Å². The topological polar surface area (TPSA) is 73.8 Å². The van der Waals surface area contributed by atoms with E-state index in [1.54, 1.807) is 30.6 Å². The highest BCUT2D eigenvalue weighted by molar-refractivity contribution is 7.89. The second kappa shape index (κ2) is 9.61. The van der Waals surface area contributed by atoms with Crippen LogP contribution >= 0.6 is 0 Å². The number of amides is 1. The van der Waals surface area contributed by atoms with Crippen LogP contribution in [0.4, 0.5) is 5.69 Å². The minimum atomic E-state index is -3.97. The molecular formula is C29H28N4O3S. The Kier molecular flexibility index (Phi) is 6.14. The summed E-state index contributed by atoms with van der Waals surface area (Å²) in [5.74, 6) is -0.132. The van der Waals surface area contributed by atoms with Gasteiger partial charge in [-0.25, -0.2) is 8.42 Å². The SMILES string of the molecule is O=C([C@@H]1Cc2ccccc2CN1S(=O)(=O)c1cccc2cnccc12)N1CCN(c2ccccc2)CC1. The minimum absolute atomic E-state index is 0.132. The van der Waals surface area contributed by atoms with Crippen LogP contribution < -0.4 is 4.90 Å². The number of para-hydroxylation sites is 1. The van der Waals surface area contributed by atoms with Crippen molar-refractivity contribution in [1.82, 2.24) is 14.2 Å². The molecule has 2 aliphatic rings. The Morgan fingerprint density at radius 3 is 2.32 bits per heavy atom. The maximum atomic E-state index is 14.2. The summed E-state index contributed by atoms with van der Waals surface area (Å²) in [6.07, 6.45) is 3.62. The zero-order valence-electron chi connectivity index (χ0n) is 20.4. The number of hydrogen-bond acceptors (Lipinski definition) is 5. The van der Waals surface area contributed by atoms with E-state index in [1.807, 2.05) is 53.4 Å². The van der Waals surface area contributed by atoms with E-state index < -0.39 is 16.1 Å². The number of piperazine rings is 1. The van der Waals surface area contributed by atoms with Crippen molar-refractivity contribution in [3.05, 3.63) is 102 Å². The highest BCUT2D eigenvalue weighted by atomic mass is 32.2. The van der Waals surface area contributed by atoms with Crippen molar-refractivity contribution in [1.29, 1.82) is 0 Å². The number of aromatic nitrogens is 1. The number of anilines is 1. The number of carbonyl (C=O) groups excluding carboxylic acids is 1. The quantitative estimate of drug-likeness (QED) is 0.417. The standard InChI is InChI=1S/C29H28N4O3S/c34-29(32-17-15-31(16-18-32)25-10-2-1-3-11-25)27-19-22-7-4-5-8-24(22)21-33(27)37(35,36)28-12-6-9-23-20-30-14-13-26(23)28/h1-14,20,27H,15-19,21H2/t27-/m0/s1. The van der Waals surface area contributed by atoms with Crippen molar-refractivity contribution in [3.8, 4) is 0 Å². The van der Waals surface area contributed by atoms with Gasteiger partial charge in [0.15, 0.2) is 0 Å². The fraction of sp³-hybridized carbons (Fsp3) is 0.241. The normalized spacial score (nSPS) is 18.5. The number of nitrogens with zero attached hydrogens (tertiary/aromatic N) is 4. The third kappa shape index (κ3) is 4.36. The van der Waals surface area contributed by atoms with E-state index in [2.05, 4.69) is 22.0 Å². The Balaban J connectivity index is 1.32. The lowest BCUT2D eigenvalue weighted by Gasteiger charge is -2.41. The molecule has 8 heteroatoms. The predicted octanol–water partition coefficient (Wildman–Crippen LogP) is 3.70. The average Bonchev–Trinajstić information content (AvgIpc) is 2.96. The lowest BCUT2D eigenvalue weighted by molar-refractivity contribution is -0.136. The van der Waals surface area contributed by atoms with Gasteiger partial charge in [0.05, 0.1) is 4.90 Å². The highest BCUT2D eigenvalue weighted by Gasteiger charge is 2.42. The van der Waals surface area contributed by atoms with Crippen LogP contribution in [0.25, 0.3) is 10.8 Å². The van der Waals surface area contributed by atoms with Gasteiger partial charge in [0.1, 0.15) is 6.04 Å². The van der Waals surface area contributed by atoms with Crippen LogP contribution in [0.15, 0.2) is 96.2 Å². The third-order valence-corrected chi connectivity index (χ3v) is 9.34. The minimum Gasteiger partial charge on any atom is -0.368 e. The summed E-state index contributed by atoms with van der Waals surface area (Å²) in [4.78, 5) is 22.4. The number of pyridine rings is 1. The fourth-order valence-electron chi connectivity index (χ4n) is 5.44. The molecule has 37 heavy (non-hydrogen) atoms. The summed E-state index contributed by atoms with van der Waals surface area (Å²) in [7, 11) is -3.97. The maximum absolute atomic E-state index is 14.2. The molecule has 1 aromatic heterocycles. The summed E-state index contributed by atoms with van der Waals surface area (Å²) >= 11 is 0. The average molecular weight is 513 g/mol. The van der Waals surface area contributed by atoms with Gasteiger partial charge in [-0.05, 0) is 41.8 Å². The molecule has 4 aromatic rings. The van der Waals surface area contributed by atoms with Crippen LogP contribution in [-0.2, 0) is 27.8 Å². The molecule has 1 atom stereocenters. The van der Waals surface area contributed by atoms with E-state index in [-0.39, 0.29) is 17.3 Å². The summed E-state index contributed by atoms with van der Waals surface area (Å²) < 4.78 is 29.8. The number of hydrogen-bond donors (Lipinski definition) is 0. The molecule has 0 unspecified atom stereocenters. The van der Waals surface area contributed by atoms with Crippen molar-refractivity contribution >= 4 is 32.4 Å². The Hall–Kier alpha value is -3.75. The molecule has 1 amide bonds. The number of rotatable bonds is 4. The molecule has 0 N–H and O–H groups in total. The molecule has 0 saturated carbocycles. The molecule has 1 fully saturated rings. The lowest BCUT2D eigenvalue weighted by atomic mass is 9.95. The number of fused-ring (bicyclic) bond motifs is 2. The zero-order valence-corrected chi connectivity index (χ0v) is 21.2. The van der Waals surface area contributed by atoms with Gasteiger partial charge in [-0.2, -0.15) is 4.31 Å². The van der Waals surface area contributed by atoms with E-state index in [9.17, 15) is 13.2 Å². The molecule has 0 spiro atoms. The number of carbonyl (C=O) groups is 1. The van der Waals surface area contributed by atoms with E-state index >= 15 is 0 Å². The predicted molar refractivity (Wildman–Crippen MR) is 144 cm³/mol. The van der Waals surface area contributed by atoms with Crippen molar-refractivity contribution in [2.75, 3.05) is 31.1 Å². The second-order valence-electron chi connectivity index (χ2n) is 9.54. The first-order chi connectivity index (χ1) is 18.0. The zero-order chi connectivity index (χ0) is 25.4. The molecule has 3 heterocycles. The smallest absolute Gasteiger partial charge is 0.244 e. The molecule has 188 valence electrons. The first-order valence-corrected chi connectivity index (χ1v) is 14.0. The Morgan fingerprint density at radius 2 is 1.54 bits per heavy atom. The molecular weight excluding hydrogens is 484 g/mol. The molecule has 0 bridgehead atoms. The van der Waals surface area contributed by atoms with E-state index in [0.717, 1.165) is 22.2 Å². The van der Waals surface area contributed by atoms with Gasteiger partial charge in [0, 0.05) is 61.6 Å². The van der Waals surface area contributed by atoms with Gasteiger partial charge in [-0.3, -0.25) is 9.78 Å². The van der Waals surface area contributed by atoms with Crippen molar-refractivity contribution in [2.24, 2.45) is 0 Å². The number of benzene rings is 3. The van der Waals surface area contributed by atoms with Crippen LogP contribution in [0.1, 0.15) is 11.1 Å². The summed E-state index contributed by atoms with van der Waals surface area (Å²) in [5, 5.41) is 1.36. The first kappa shape index (κ1) is 23.6. The molecule has 7 nitrogen and oxygen atoms in total. The van der Waals surface area contributed by atoms with Gasteiger partial charge in [0.2, 0.25) is 15.9 Å². The fourth-order valence-corrected chi connectivity index (χ4v) is 7.22. The van der Waals surface area contributed by atoms with Crippen LogP contribution in [0.2, 0.25) is 0 Å². The second-order valence-corrected chi connectivity index (χ2v) is 11.4. The largest absolute Gasteiger partial charge is 0.368 e. The van der Waals surface area contributed by atoms with Crippen molar-refractivity contribution < 1.29 is 13.2 Å². The molecule has 2 aliphatic heterocycles. The molecule has 1 saturated heterocycles. The van der Waals surface area contributed by atoms with Crippen LogP contribution in [0.5, 0.6) is 0 Å². The molecule has 6 rings (SSSR count). The highest BCUT2D eigenvalue weighted by Crippen LogP contribution is 2.33. The van der Waals surface area contributed by atoms with E-state index in [1.165, 1.54) is 4.31 Å². The van der Waals surface area contributed by atoms with Gasteiger partial charge < -0.3 is 9.80 Å². The summed E-state index contributed by atoms with van der Waals surface area (Å²) in [6.45, 7) is 2.70. The van der Waals surface area contributed by atoms with E-state index in [0.29, 0.717) is 38.0 Å². The number of sulfonamides is 1. The Labute approximate surface area is 217 Å². The maximum Gasteiger partial charge on any atom is 0.244 e. The molecule has 0 radical (unpaired) electrons. The van der Waals surface area contributed by atoms with Crippen molar-refractivity contribution in [2.45, 2.75) is 23.9 Å². The van der Waals surface area contributed by atoms with Crippen LogP contribution in [-0.4, -0.2) is 60.7 Å². The summed E-state index contributed by atoms with van der Waals surface area (Å²) in [6, 6.07) is 24.1. The van der Waals surface area contributed by atoms with Gasteiger partial charge >= 0.3 is 0 Å². The first-order valence-electron chi connectivity index (χ1n) is 12.5. The molecule has 0 aliphatic carbocycles. The van der Waals surface area contributed by atoms with Gasteiger partial charge in [-0.15, -0.1) is 0 Å². The Bertz CT molecular complexity index is 1540. The lowest BCUT2D eigenvalue weighted by Crippen LogP contribution is -2.57. The van der Waals surface area contributed by atoms with Crippen LogP contribution in [0.3, 0.4) is 0 Å². The Morgan fingerprint density at radius 1 is 0.811 bits per heavy atom. The van der Waals surface area contributed by atoms with Gasteiger partial charge in [-0.1, -0.05) is 54.6 Å².